The summed E-state index contributed by atoms with van der Waals surface area (Å²) in [5.74, 6) is -0.955. The van der Waals surface area contributed by atoms with Crippen LogP contribution in [-0.2, 0) is 0 Å². The lowest BCUT2D eigenvalue weighted by Gasteiger charge is -2.14. The number of rotatable bonds is 3. The summed E-state index contributed by atoms with van der Waals surface area (Å²) >= 11 is 7.67. The fourth-order valence-electron chi connectivity index (χ4n) is 2.29. The van der Waals surface area contributed by atoms with Crippen LogP contribution in [0.3, 0.4) is 0 Å². The Bertz CT molecular complexity index is 426. The number of thioether (sulfide) groups is 1. The Hall–Kier alpha value is -0.670. The Kier molecular flexibility index (Phi) is 4.95. The zero-order valence-corrected chi connectivity index (χ0v) is 11.8. The van der Waals surface area contributed by atoms with Crippen LogP contribution in [-0.4, -0.2) is 16.3 Å². The van der Waals surface area contributed by atoms with Crippen LogP contribution in [0, 0.1) is 0 Å². The Morgan fingerprint density at radius 2 is 1.89 bits per heavy atom. The van der Waals surface area contributed by atoms with Gasteiger partial charge >= 0.3 is 5.97 Å². The highest BCUT2D eigenvalue weighted by molar-refractivity contribution is 8.00. The Balaban J connectivity index is 2.08. The van der Waals surface area contributed by atoms with Crippen LogP contribution >= 0.6 is 23.4 Å². The summed E-state index contributed by atoms with van der Waals surface area (Å²) < 4.78 is 0. The van der Waals surface area contributed by atoms with Gasteiger partial charge in [-0.05, 0) is 31.0 Å². The van der Waals surface area contributed by atoms with Crippen LogP contribution in [0.15, 0.2) is 23.1 Å². The maximum absolute atomic E-state index is 11.0. The van der Waals surface area contributed by atoms with Gasteiger partial charge < -0.3 is 5.11 Å². The number of halogens is 1. The highest BCUT2D eigenvalue weighted by atomic mass is 35.5. The first-order valence-electron chi connectivity index (χ1n) is 6.36. The monoisotopic (exact) mass is 284 g/mol. The second kappa shape index (κ2) is 6.48. The van der Waals surface area contributed by atoms with Gasteiger partial charge in [-0.25, -0.2) is 4.79 Å². The minimum Gasteiger partial charge on any atom is -0.478 e. The van der Waals surface area contributed by atoms with E-state index in [4.69, 9.17) is 16.7 Å². The van der Waals surface area contributed by atoms with Crippen LogP contribution in [0.2, 0.25) is 5.02 Å². The van der Waals surface area contributed by atoms with Crippen molar-refractivity contribution in [3.8, 4) is 0 Å². The molecule has 0 aromatic heterocycles. The van der Waals surface area contributed by atoms with Gasteiger partial charge in [-0.3, -0.25) is 0 Å². The molecule has 0 unspecified atom stereocenters. The van der Waals surface area contributed by atoms with Gasteiger partial charge in [0.15, 0.2) is 0 Å². The SMILES string of the molecule is O=C(O)c1cc(SC2CCCCCC2)ccc1Cl. The zero-order valence-electron chi connectivity index (χ0n) is 10.2. The van der Waals surface area contributed by atoms with E-state index in [1.165, 1.54) is 38.5 Å². The highest BCUT2D eigenvalue weighted by Gasteiger charge is 2.15. The molecule has 1 aromatic carbocycles. The molecule has 2 nitrogen and oxygen atoms in total. The fourth-order valence-corrected chi connectivity index (χ4v) is 3.78. The molecule has 1 saturated carbocycles. The second-order valence-corrected chi connectivity index (χ2v) is 6.46. The highest BCUT2D eigenvalue weighted by Crippen LogP contribution is 2.34. The van der Waals surface area contributed by atoms with Gasteiger partial charge in [0.2, 0.25) is 0 Å². The molecule has 2 rings (SSSR count). The molecule has 0 bridgehead atoms. The van der Waals surface area contributed by atoms with Crippen molar-refractivity contribution < 1.29 is 9.90 Å². The summed E-state index contributed by atoms with van der Waals surface area (Å²) in [7, 11) is 0. The van der Waals surface area contributed by atoms with E-state index >= 15 is 0 Å². The molecule has 0 spiro atoms. The van der Waals surface area contributed by atoms with Crippen molar-refractivity contribution in [2.45, 2.75) is 48.7 Å². The molecule has 0 atom stereocenters. The molecular weight excluding hydrogens is 268 g/mol. The van der Waals surface area contributed by atoms with Crippen LogP contribution in [0.4, 0.5) is 0 Å². The molecule has 0 heterocycles. The number of aromatic carboxylic acids is 1. The molecule has 1 aliphatic carbocycles. The van der Waals surface area contributed by atoms with Gasteiger partial charge in [-0.2, -0.15) is 0 Å². The van der Waals surface area contributed by atoms with Crippen molar-refractivity contribution in [2.75, 3.05) is 0 Å². The van der Waals surface area contributed by atoms with Gasteiger partial charge in [0, 0.05) is 10.1 Å². The molecule has 1 aromatic rings. The Labute approximate surface area is 117 Å². The predicted molar refractivity (Wildman–Crippen MR) is 75.8 cm³/mol. The fraction of sp³-hybridized carbons (Fsp3) is 0.500. The molecule has 0 saturated heterocycles. The third-order valence-electron chi connectivity index (χ3n) is 3.27. The van der Waals surface area contributed by atoms with Gasteiger partial charge in [-0.15, -0.1) is 11.8 Å². The molecule has 18 heavy (non-hydrogen) atoms. The molecule has 0 radical (unpaired) electrons. The lowest BCUT2D eigenvalue weighted by atomic mass is 10.2. The van der Waals surface area contributed by atoms with Gasteiger partial charge in [0.1, 0.15) is 0 Å². The summed E-state index contributed by atoms with van der Waals surface area (Å²) in [6.07, 6.45) is 7.70. The largest absolute Gasteiger partial charge is 0.478 e. The Morgan fingerprint density at radius 1 is 1.22 bits per heavy atom. The van der Waals surface area contributed by atoms with Gasteiger partial charge in [0.05, 0.1) is 10.6 Å². The summed E-state index contributed by atoms with van der Waals surface area (Å²) in [5, 5.41) is 9.98. The first kappa shape index (κ1) is 13.8. The maximum atomic E-state index is 11.0. The summed E-state index contributed by atoms with van der Waals surface area (Å²) in [6, 6.07) is 5.30. The summed E-state index contributed by atoms with van der Waals surface area (Å²) in [6.45, 7) is 0. The molecule has 4 heteroatoms. The normalized spacial score (nSPS) is 17.4. The van der Waals surface area contributed by atoms with Crippen molar-refractivity contribution in [1.82, 2.24) is 0 Å². The number of carbonyl (C=O) groups is 1. The van der Waals surface area contributed by atoms with E-state index in [0.717, 1.165) is 4.90 Å². The average Bonchev–Trinajstić information content (AvgIpc) is 2.60. The summed E-state index contributed by atoms with van der Waals surface area (Å²) in [4.78, 5) is 12.0. The average molecular weight is 285 g/mol. The molecular formula is C14H17ClO2S. The number of benzene rings is 1. The number of carboxylic acids is 1. The van der Waals surface area contributed by atoms with Gasteiger partial charge in [-0.1, -0.05) is 37.3 Å². The third kappa shape index (κ3) is 3.66. The zero-order chi connectivity index (χ0) is 13.0. The first-order chi connectivity index (χ1) is 8.66. The van der Waals surface area contributed by atoms with E-state index in [-0.39, 0.29) is 5.56 Å². The first-order valence-corrected chi connectivity index (χ1v) is 7.62. The van der Waals surface area contributed by atoms with Crippen LogP contribution in [0.5, 0.6) is 0 Å². The molecule has 0 aliphatic heterocycles. The second-order valence-electron chi connectivity index (χ2n) is 4.68. The van der Waals surface area contributed by atoms with E-state index in [0.29, 0.717) is 10.3 Å². The molecule has 1 N–H and O–H groups in total. The molecule has 98 valence electrons. The number of hydrogen-bond donors (Lipinski definition) is 1. The standard InChI is InChI=1S/C14H17ClO2S/c15-13-8-7-11(9-12(13)14(16)17)18-10-5-3-1-2-4-6-10/h7-10H,1-6H2,(H,16,17). The minimum absolute atomic E-state index is 0.204. The van der Waals surface area contributed by atoms with E-state index in [2.05, 4.69) is 0 Å². The van der Waals surface area contributed by atoms with Crippen molar-refractivity contribution in [1.29, 1.82) is 0 Å². The van der Waals surface area contributed by atoms with Crippen molar-refractivity contribution in [3.63, 3.8) is 0 Å². The smallest absolute Gasteiger partial charge is 0.337 e. The topological polar surface area (TPSA) is 37.3 Å². The third-order valence-corrected chi connectivity index (χ3v) is 4.93. The lowest BCUT2D eigenvalue weighted by molar-refractivity contribution is 0.0697. The van der Waals surface area contributed by atoms with Crippen LogP contribution < -0.4 is 0 Å². The number of carboxylic acid groups (broad SMARTS) is 1. The maximum Gasteiger partial charge on any atom is 0.337 e. The Morgan fingerprint density at radius 3 is 2.50 bits per heavy atom. The van der Waals surface area contributed by atoms with Crippen LogP contribution in [0.1, 0.15) is 48.9 Å². The van der Waals surface area contributed by atoms with E-state index in [9.17, 15) is 4.79 Å². The molecule has 0 amide bonds. The molecule has 1 fully saturated rings. The quantitative estimate of drug-likeness (QED) is 0.806. The van der Waals surface area contributed by atoms with E-state index < -0.39 is 5.97 Å². The lowest BCUT2D eigenvalue weighted by Crippen LogP contribution is -2.01. The van der Waals surface area contributed by atoms with Crippen molar-refractivity contribution in [3.05, 3.63) is 28.8 Å². The van der Waals surface area contributed by atoms with E-state index in [1.54, 1.807) is 23.9 Å². The van der Waals surface area contributed by atoms with E-state index in [1.807, 2.05) is 6.07 Å². The predicted octanol–water partition coefficient (Wildman–Crippen LogP) is 4.85. The van der Waals surface area contributed by atoms with Gasteiger partial charge in [0.25, 0.3) is 0 Å². The van der Waals surface area contributed by atoms with Crippen LogP contribution in [0.25, 0.3) is 0 Å². The molecule has 1 aliphatic rings. The number of hydrogen-bond acceptors (Lipinski definition) is 2. The van der Waals surface area contributed by atoms with Crippen molar-refractivity contribution in [2.24, 2.45) is 0 Å². The summed E-state index contributed by atoms with van der Waals surface area (Å²) in [5.41, 5.74) is 0.204. The van der Waals surface area contributed by atoms with Crippen molar-refractivity contribution >= 4 is 29.3 Å². The minimum atomic E-state index is -0.955.